The van der Waals surface area contributed by atoms with Crippen molar-refractivity contribution in [2.24, 2.45) is 0 Å². The third-order valence-electron chi connectivity index (χ3n) is 8.15. The Morgan fingerprint density at radius 1 is 0.826 bits per heavy atom. The molecule has 0 aliphatic heterocycles. The van der Waals surface area contributed by atoms with Gasteiger partial charge in [-0.25, -0.2) is 9.59 Å². The molecule has 0 amide bonds. The molecule has 0 saturated heterocycles. The van der Waals surface area contributed by atoms with Crippen LogP contribution < -0.4 is 9.64 Å². The predicted octanol–water partition coefficient (Wildman–Crippen LogP) is 8.91. The molecule has 236 valence electrons. The molecule has 0 N–H and O–H groups in total. The van der Waals surface area contributed by atoms with E-state index in [-0.39, 0.29) is 18.8 Å². The van der Waals surface area contributed by atoms with Crippen LogP contribution in [0.1, 0.15) is 42.0 Å². The second-order valence-electron chi connectivity index (χ2n) is 11.8. The van der Waals surface area contributed by atoms with Crippen molar-refractivity contribution in [1.29, 1.82) is 0 Å². The van der Waals surface area contributed by atoms with Crippen molar-refractivity contribution >= 4 is 29.0 Å². The highest BCUT2D eigenvalue weighted by Crippen LogP contribution is 2.39. The number of rotatable bonds is 12. The zero-order chi connectivity index (χ0) is 32.6. The Morgan fingerprint density at radius 3 is 2.15 bits per heavy atom. The number of fused-ring (bicyclic) bond motifs is 1. The average Bonchev–Trinajstić information content (AvgIpc) is 3.07. The molecule has 0 heterocycles. The van der Waals surface area contributed by atoms with Crippen molar-refractivity contribution in [2.45, 2.75) is 52.6 Å². The maximum Gasteiger partial charge on any atom is 0.333 e. The third-order valence-corrected chi connectivity index (χ3v) is 8.15. The first-order valence-corrected chi connectivity index (χ1v) is 15.7. The Bertz CT molecular complexity index is 1720. The number of nitrogens with zero attached hydrogens (tertiary/aromatic N) is 1. The highest BCUT2D eigenvalue weighted by molar-refractivity contribution is 5.87. The zero-order valence-electron chi connectivity index (χ0n) is 26.9. The fourth-order valence-electron chi connectivity index (χ4n) is 5.65. The maximum atomic E-state index is 11.8. The summed E-state index contributed by atoms with van der Waals surface area (Å²) in [5.74, 6) is -0.585. The van der Waals surface area contributed by atoms with Crippen molar-refractivity contribution < 1.29 is 23.8 Å². The van der Waals surface area contributed by atoms with E-state index in [0.29, 0.717) is 5.75 Å². The first-order chi connectivity index (χ1) is 22.2. The molecule has 0 bridgehead atoms. The van der Waals surface area contributed by atoms with Gasteiger partial charge in [0.1, 0.15) is 19.0 Å². The molecule has 4 aromatic rings. The summed E-state index contributed by atoms with van der Waals surface area (Å²) in [6, 6.07) is 29.9. The molecular weight excluding hydrogens is 574 g/mol. The van der Waals surface area contributed by atoms with E-state index in [2.05, 4.69) is 92.6 Å². The fourth-order valence-corrected chi connectivity index (χ4v) is 5.65. The van der Waals surface area contributed by atoms with Gasteiger partial charge in [-0.2, -0.15) is 0 Å². The molecule has 0 saturated carbocycles. The van der Waals surface area contributed by atoms with Gasteiger partial charge in [0.2, 0.25) is 0 Å². The normalized spacial score (nSPS) is 12.8. The summed E-state index contributed by atoms with van der Waals surface area (Å²) in [4.78, 5) is 25.9. The summed E-state index contributed by atoms with van der Waals surface area (Å²) in [6.45, 7) is 12.6. The maximum absolute atomic E-state index is 11.8. The molecule has 0 fully saturated rings. The predicted molar refractivity (Wildman–Crippen MR) is 184 cm³/mol. The SMILES string of the molecule is C=CC(=O)OC(COC(=O)C(=C)C)COc1ccc(-c2ccc(N(c3ccc(C)cc3)c3ccc4c(c3)CCCC4)cc2C)cc1. The number of carbonyl (C=O) groups excluding carboxylic acids is 2. The molecule has 5 rings (SSSR count). The molecular formula is C40H41NO5. The Labute approximate surface area is 271 Å². The number of benzene rings is 4. The molecule has 1 atom stereocenters. The average molecular weight is 616 g/mol. The van der Waals surface area contributed by atoms with E-state index in [1.807, 2.05) is 24.3 Å². The van der Waals surface area contributed by atoms with E-state index >= 15 is 0 Å². The minimum Gasteiger partial charge on any atom is -0.490 e. The molecule has 6 heteroatoms. The number of hydrogen-bond acceptors (Lipinski definition) is 6. The third kappa shape index (κ3) is 7.94. The van der Waals surface area contributed by atoms with Crippen molar-refractivity contribution in [3.63, 3.8) is 0 Å². The van der Waals surface area contributed by atoms with Crippen LogP contribution in [0.2, 0.25) is 0 Å². The summed E-state index contributed by atoms with van der Waals surface area (Å²) in [6.07, 6.45) is 5.06. The molecule has 1 aliphatic carbocycles. The Balaban J connectivity index is 1.34. The smallest absolute Gasteiger partial charge is 0.333 e. The lowest BCUT2D eigenvalue weighted by molar-refractivity contribution is -0.154. The van der Waals surface area contributed by atoms with Crippen LogP contribution in [-0.4, -0.2) is 31.3 Å². The molecule has 0 spiro atoms. The standard InChI is InChI=1S/C40H41NO5/c1-6-39(42)46-37(26-45-40(43)27(2)3)25-44-36-20-14-31(15-21-36)38-22-19-34(23-29(38)5)41(33-16-11-28(4)12-17-33)35-18-13-30-9-7-8-10-32(30)24-35/h6,11-24,37H,1-2,7-10,25-26H2,3-5H3. The van der Waals surface area contributed by atoms with Crippen LogP contribution in [0.5, 0.6) is 5.75 Å². The number of aryl methyl sites for hydroxylation is 4. The lowest BCUT2D eigenvalue weighted by atomic mass is 9.91. The van der Waals surface area contributed by atoms with Gasteiger partial charge >= 0.3 is 11.9 Å². The number of ether oxygens (including phenoxy) is 3. The van der Waals surface area contributed by atoms with Gasteiger partial charge in [0, 0.05) is 28.7 Å². The lowest BCUT2D eigenvalue weighted by Crippen LogP contribution is -2.30. The van der Waals surface area contributed by atoms with Gasteiger partial charge in [0.25, 0.3) is 0 Å². The minimum atomic E-state index is -0.796. The van der Waals surface area contributed by atoms with Crippen molar-refractivity contribution in [3.05, 3.63) is 132 Å². The second kappa shape index (κ2) is 14.8. The van der Waals surface area contributed by atoms with Crippen LogP contribution in [0.4, 0.5) is 17.1 Å². The Kier molecular flexibility index (Phi) is 10.4. The largest absolute Gasteiger partial charge is 0.490 e. The van der Waals surface area contributed by atoms with Gasteiger partial charge < -0.3 is 19.1 Å². The van der Waals surface area contributed by atoms with E-state index in [1.54, 1.807) is 6.92 Å². The van der Waals surface area contributed by atoms with E-state index in [0.717, 1.165) is 47.0 Å². The van der Waals surface area contributed by atoms with Gasteiger partial charge in [-0.05, 0) is 123 Å². The van der Waals surface area contributed by atoms with Gasteiger partial charge in [0.15, 0.2) is 6.10 Å². The summed E-state index contributed by atoms with van der Waals surface area (Å²) in [5, 5.41) is 0. The van der Waals surface area contributed by atoms with E-state index in [1.165, 1.54) is 35.2 Å². The van der Waals surface area contributed by atoms with E-state index in [4.69, 9.17) is 14.2 Å². The molecule has 4 aromatic carbocycles. The topological polar surface area (TPSA) is 65.1 Å². The molecule has 0 aromatic heterocycles. The Hall–Kier alpha value is -5.10. The van der Waals surface area contributed by atoms with E-state index in [9.17, 15) is 9.59 Å². The summed E-state index contributed by atoms with van der Waals surface area (Å²) < 4.78 is 16.4. The lowest BCUT2D eigenvalue weighted by Gasteiger charge is -2.28. The number of hydrogen-bond donors (Lipinski definition) is 0. The van der Waals surface area contributed by atoms with Crippen LogP contribution in [0.3, 0.4) is 0 Å². The fraction of sp³-hybridized carbons (Fsp3) is 0.250. The number of carbonyl (C=O) groups is 2. The van der Waals surface area contributed by atoms with E-state index < -0.39 is 18.0 Å². The molecule has 1 aliphatic rings. The highest BCUT2D eigenvalue weighted by Gasteiger charge is 2.19. The van der Waals surface area contributed by atoms with Crippen molar-refractivity contribution in [2.75, 3.05) is 18.1 Å². The summed E-state index contributed by atoms with van der Waals surface area (Å²) in [7, 11) is 0. The zero-order valence-corrected chi connectivity index (χ0v) is 26.9. The van der Waals surface area contributed by atoms with Crippen LogP contribution in [0, 0.1) is 13.8 Å². The van der Waals surface area contributed by atoms with Gasteiger partial charge in [0.05, 0.1) is 0 Å². The first kappa shape index (κ1) is 32.3. The molecule has 46 heavy (non-hydrogen) atoms. The Morgan fingerprint density at radius 2 is 1.48 bits per heavy atom. The van der Waals surface area contributed by atoms with Gasteiger partial charge in [-0.15, -0.1) is 0 Å². The summed E-state index contributed by atoms with van der Waals surface area (Å²) >= 11 is 0. The minimum absolute atomic E-state index is 0.00760. The number of anilines is 3. The van der Waals surface area contributed by atoms with Crippen molar-refractivity contribution in [3.8, 4) is 16.9 Å². The van der Waals surface area contributed by atoms with Gasteiger partial charge in [-0.3, -0.25) is 0 Å². The molecule has 0 radical (unpaired) electrons. The molecule has 6 nitrogen and oxygen atoms in total. The van der Waals surface area contributed by atoms with Gasteiger partial charge in [-0.1, -0.05) is 55.1 Å². The summed E-state index contributed by atoms with van der Waals surface area (Å²) in [5.41, 5.74) is 11.1. The van der Waals surface area contributed by atoms with Crippen molar-refractivity contribution in [1.82, 2.24) is 0 Å². The van der Waals surface area contributed by atoms with Crippen LogP contribution in [0.15, 0.2) is 110 Å². The molecule has 1 unspecified atom stereocenters. The monoisotopic (exact) mass is 615 g/mol. The van der Waals surface area contributed by atoms with Crippen LogP contribution in [-0.2, 0) is 31.9 Å². The quantitative estimate of drug-likeness (QED) is 0.117. The second-order valence-corrected chi connectivity index (χ2v) is 11.8. The van der Waals surface area contributed by atoms with Crippen LogP contribution >= 0.6 is 0 Å². The highest BCUT2D eigenvalue weighted by atomic mass is 16.6. The van der Waals surface area contributed by atoms with Crippen LogP contribution in [0.25, 0.3) is 11.1 Å². The number of esters is 2. The first-order valence-electron chi connectivity index (χ1n) is 15.7.